The third-order valence-corrected chi connectivity index (χ3v) is 3.19. The van der Waals surface area contributed by atoms with Gasteiger partial charge in [-0.25, -0.2) is 4.79 Å². The van der Waals surface area contributed by atoms with E-state index >= 15 is 0 Å². The molecule has 2 aromatic rings. The molecule has 0 aromatic heterocycles. The first kappa shape index (κ1) is 15.6. The first-order valence-electron chi connectivity index (χ1n) is 7.01. The summed E-state index contributed by atoms with van der Waals surface area (Å²) in [6.45, 7) is 1.65. The van der Waals surface area contributed by atoms with E-state index < -0.39 is 5.97 Å². The second-order valence-electron chi connectivity index (χ2n) is 4.72. The largest absolute Gasteiger partial charge is 0.452 e. The Morgan fingerprint density at radius 1 is 1.09 bits per heavy atom. The van der Waals surface area contributed by atoms with Gasteiger partial charge in [-0.2, -0.15) is 0 Å². The number of rotatable bonds is 5. The molecule has 2 aromatic carbocycles. The lowest BCUT2D eigenvalue weighted by molar-refractivity contribution is -0.119. The van der Waals surface area contributed by atoms with Gasteiger partial charge in [0.05, 0.1) is 5.56 Å². The van der Waals surface area contributed by atoms with Crippen LogP contribution in [0.4, 0.5) is 11.4 Å². The van der Waals surface area contributed by atoms with E-state index in [9.17, 15) is 9.59 Å². The molecule has 3 N–H and O–H groups in total. The summed E-state index contributed by atoms with van der Waals surface area (Å²) in [4.78, 5) is 23.7. The molecule has 0 aliphatic heterocycles. The fraction of sp³-hybridized carbons (Fsp3) is 0.176. The van der Waals surface area contributed by atoms with Crippen LogP contribution in [0.5, 0.6) is 0 Å². The summed E-state index contributed by atoms with van der Waals surface area (Å²) in [6.07, 6.45) is 0.802. The fourth-order valence-corrected chi connectivity index (χ4v) is 2.03. The zero-order valence-electron chi connectivity index (χ0n) is 12.3. The number of hydrogen-bond donors (Lipinski definition) is 2. The van der Waals surface area contributed by atoms with Gasteiger partial charge < -0.3 is 15.8 Å². The quantitative estimate of drug-likeness (QED) is 0.656. The number of carbonyl (C=O) groups is 2. The van der Waals surface area contributed by atoms with Gasteiger partial charge in [0.25, 0.3) is 5.91 Å². The first-order valence-corrected chi connectivity index (χ1v) is 7.01. The van der Waals surface area contributed by atoms with Crippen LogP contribution in [0.1, 0.15) is 22.8 Å². The summed E-state index contributed by atoms with van der Waals surface area (Å²) in [5, 5.41) is 2.74. The Kier molecular flexibility index (Phi) is 5.14. The minimum absolute atomic E-state index is 0.254. The minimum Gasteiger partial charge on any atom is -0.452 e. The fourth-order valence-electron chi connectivity index (χ4n) is 2.03. The number of esters is 1. The summed E-state index contributed by atoms with van der Waals surface area (Å²) >= 11 is 0. The van der Waals surface area contributed by atoms with Gasteiger partial charge in [-0.3, -0.25) is 4.79 Å². The first-order chi connectivity index (χ1) is 10.6. The number of aryl methyl sites for hydroxylation is 1. The molecule has 1 amide bonds. The number of nitrogens with one attached hydrogen (secondary N) is 1. The lowest BCUT2D eigenvalue weighted by Crippen LogP contribution is -2.21. The lowest BCUT2D eigenvalue weighted by Gasteiger charge is -2.10. The standard InChI is InChI=1S/C17H18N2O3/c1-2-12-7-3-6-10-15(12)19-16(20)11-22-17(21)13-8-4-5-9-14(13)18/h3-10H,2,11,18H2,1H3,(H,19,20). The van der Waals surface area contributed by atoms with Gasteiger partial charge in [0.15, 0.2) is 6.61 Å². The molecule has 2 rings (SSSR count). The van der Waals surface area contributed by atoms with Crippen molar-refractivity contribution in [1.29, 1.82) is 0 Å². The summed E-state index contributed by atoms with van der Waals surface area (Å²) in [5.74, 6) is -0.999. The van der Waals surface area contributed by atoms with E-state index in [-0.39, 0.29) is 18.1 Å². The summed E-state index contributed by atoms with van der Waals surface area (Å²) in [7, 11) is 0. The molecular formula is C17H18N2O3. The maximum Gasteiger partial charge on any atom is 0.340 e. The van der Waals surface area contributed by atoms with Crippen LogP contribution in [-0.4, -0.2) is 18.5 Å². The number of benzene rings is 2. The molecule has 0 unspecified atom stereocenters. The SMILES string of the molecule is CCc1ccccc1NC(=O)COC(=O)c1ccccc1N. The van der Waals surface area contributed by atoms with Crippen LogP contribution in [0.15, 0.2) is 48.5 Å². The molecule has 22 heavy (non-hydrogen) atoms. The van der Waals surface area contributed by atoms with Gasteiger partial charge in [-0.1, -0.05) is 37.3 Å². The Labute approximate surface area is 129 Å². The van der Waals surface area contributed by atoms with Crippen LogP contribution in [0, 0.1) is 0 Å². The van der Waals surface area contributed by atoms with E-state index in [2.05, 4.69) is 5.32 Å². The highest BCUT2D eigenvalue weighted by molar-refractivity contribution is 5.98. The monoisotopic (exact) mass is 298 g/mol. The van der Waals surface area contributed by atoms with Gasteiger partial charge in [0, 0.05) is 11.4 Å². The number of ether oxygens (including phenoxy) is 1. The molecule has 5 heteroatoms. The van der Waals surface area contributed by atoms with Crippen molar-refractivity contribution < 1.29 is 14.3 Å². The van der Waals surface area contributed by atoms with Crippen LogP contribution in [0.2, 0.25) is 0 Å². The molecule has 0 fully saturated rings. The summed E-state index contributed by atoms with van der Waals surface area (Å²) in [6, 6.07) is 14.1. The van der Waals surface area contributed by atoms with E-state index in [0.717, 1.165) is 17.7 Å². The Balaban J connectivity index is 1.93. The lowest BCUT2D eigenvalue weighted by atomic mass is 10.1. The number of nitrogen functional groups attached to an aromatic ring is 1. The Hall–Kier alpha value is -2.82. The van der Waals surface area contributed by atoms with E-state index in [1.54, 1.807) is 24.3 Å². The second kappa shape index (κ2) is 7.26. The molecule has 0 atom stereocenters. The third kappa shape index (κ3) is 3.85. The smallest absolute Gasteiger partial charge is 0.340 e. The van der Waals surface area contributed by atoms with Crippen molar-refractivity contribution in [3.63, 3.8) is 0 Å². The van der Waals surface area contributed by atoms with Crippen LogP contribution in [0.3, 0.4) is 0 Å². The third-order valence-electron chi connectivity index (χ3n) is 3.19. The molecular weight excluding hydrogens is 280 g/mol. The average Bonchev–Trinajstić information content (AvgIpc) is 2.53. The van der Waals surface area contributed by atoms with Crippen molar-refractivity contribution >= 4 is 23.3 Å². The number of anilines is 2. The van der Waals surface area contributed by atoms with Gasteiger partial charge in [0.1, 0.15) is 0 Å². The second-order valence-corrected chi connectivity index (χ2v) is 4.72. The normalized spacial score (nSPS) is 10.0. The highest BCUT2D eigenvalue weighted by Gasteiger charge is 2.13. The predicted molar refractivity (Wildman–Crippen MR) is 85.6 cm³/mol. The molecule has 0 bridgehead atoms. The van der Waals surface area contributed by atoms with Gasteiger partial charge in [0.2, 0.25) is 0 Å². The van der Waals surface area contributed by atoms with Crippen molar-refractivity contribution in [2.24, 2.45) is 0 Å². The average molecular weight is 298 g/mol. The summed E-state index contributed by atoms with van der Waals surface area (Å²) in [5.41, 5.74) is 8.01. The zero-order valence-corrected chi connectivity index (χ0v) is 12.3. The molecule has 0 radical (unpaired) electrons. The number of amides is 1. The molecule has 0 saturated carbocycles. The molecule has 0 heterocycles. The topological polar surface area (TPSA) is 81.4 Å². The highest BCUT2D eigenvalue weighted by atomic mass is 16.5. The number of hydrogen-bond acceptors (Lipinski definition) is 4. The van der Waals surface area contributed by atoms with Crippen LogP contribution in [0.25, 0.3) is 0 Å². The Morgan fingerprint density at radius 3 is 2.50 bits per heavy atom. The van der Waals surface area contributed by atoms with Crippen molar-refractivity contribution in [2.75, 3.05) is 17.7 Å². The molecule has 0 aliphatic carbocycles. The number of para-hydroxylation sites is 2. The van der Waals surface area contributed by atoms with E-state index in [0.29, 0.717) is 5.69 Å². The van der Waals surface area contributed by atoms with Crippen LogP contribution >= 0.6 is 0 Å². The number of carbonyl (C=O) groups excluding carboxylic acids is 2. The van der Waals surface area contributed by atoms with Crippen molar-refractivity contribution in [2.45, 2.75) is 13.3 Å². The van der Waals surface area contributed by atoms with E-state index in [4.69, 9.17) is 10.5 Å². The van der Waals surface area contributed by atoms with Crippen molar-refractivity contribution in [3.05, 3.63) is 59.7 Å². The van der Waals surface area contributed by atoms with E-state index in [1.165, 1.54) is 0 Å². The molecule has 114 valence electrons. The summed E-state index contributed by atoms with van der Waals surface area (Å²) < 4.78 is 4.99. The highest BCUT2D eigenvalue weighted by Crippen LogP contribution is 2.15. The van der Waals surface area contributed by atoms with E-state index in [1.807, 2.05) is 31.2 Å². The molecule has 0 saturated heterocycles. The van der Waals surface area contributed by atoms with Crippen LogP contribution in [-0.2, 0) is 16.0 Å². The Morgan fingerprint density at radius 2 is 1.77 bits per heavy atom. The zero-order chi connectivity index (χ0) is 15.9. The molecule has 5 nitrogen and oxygen atoms in total. The maximum absolute atomic E-state index is 11.9. The number of nitrogens with two attached hydrogens (primary N) is 1. The minimum atomic E-state index is -0.614. The van der Waals surface area contributed by atoms with Crippen molar-refractivity contribution in [1.82, 2.24) is 0 Å². The maximum atomic E-state index is 11.9. The van der Waals surface area contributed by atoms with Crippen molar-refractivity contribution in [3.8, 4) is 0 Å². The van der Waals surface area contributed by atoms with Crippen LogP contribution < -0.4 is 11.1 Å². The van der Waals surface area contributed by atoms with Gasteiger partial charge in [-0.15, -0.1) is 0 Å². The Bertz CT molecular complexity index is 683. The molecule has 0 spiro atoms. The predicted octanol–water partition coefficient (Wildman–Crippen LogP) is 2.63. The molecule has 0 aliphatic rings. The van der Waals surface area contributed by atoms with Gasteiger partial charge in [-0.05, 0) is 30.2 Å². The van der Waals surface area contributed by atoms with Gasteiger partial charge >= 0.3 is 5.97 Å².